The highest BCUT2D eigenvalue weighted by atomic mass is 16.5. The zero-order chi connectivity index (χ0) is 14.8. The fourth-order valence-corrected chi connectivity index (χ4v) is 2.27. The predicted octanol–water partition coefficient (Wildman–Crippen LogP) is 1.06. The number of benzene rings is 1. The molecule has 6 nitrogen and oxygen atoms in total. The molecule has 2 rings (SSSR count). The van der Waals surface area contributed by atoms with E-state index in [-0.39, 0.29) is 24.2 Å². The lowest BCUT2D eigenvalue weighted by Crippen LogP contribution is -2.57. The van der Waals surface area contributed by atoms with E-state index in [0.29, 0.717) is 18.8 Å². The van der Waals surface area contributed by atoms with Crippen molar-refractivity contribution in [3.63, 3.8) is 0 Å². The molecule has 1 aliphatic rings. The number of aromatic hydroxyl groups is 1. The van der Waals surface area contributed by atoms with Crippen molar-refractivity contribution in [3.05, 3.63) is 29.3 Å². The fourth-order valence-electron chi connectivity index (χ4n) is 2.27. The number of rotatable bonds is 3. The Balaban J connectivity index is 2.25. The molecule has 0 atom stereocenters. The lowest BCUT2D eigenvalue weighted by molar-refractivity contribution is -0.148. The quantitative estimate of drug-likeness (QED) is 0.769. The molecule has 0 saturated carbocycles. The molecule has 1 amide bonds. The molecule has 1 aromatic rings. The molecular formula is C14H17NO5. The van der Waals surface area contributed by atoms with E-state index in [2.05, 4.69) is 5.32 Å². The standard InChI is InChI=1S/C14H17NO5/c1-9-10(3-2-4-11(9)16)12(17)15-14(13(18)19)5-7-20-8-6-14/h2-4,16H,5-8H2,1H3,(H,15,17)(H,18,19). The number of carboxylic acid groups (broad SMARTS) is 1. The Morgan fingerprint density at radius 3 is 2.55 bits per heavy atom. The molecule has 1 saturated heterocycles. The summed E-state index contributed by atoms with van der Waals surface area (Å²) in [5.41, 5.74) is -0.595. The Hall–Kier alpha value is -2.08. The second-order valence-electron chi connectivity index (χ2n) is 4.90. The van der Waals surface area contributed by atoms with Crippen molar-refractivity contribution in [2.24, 2.45) is 0 Å². The van der Waals surface area contributed by atoms with Crippen LogP contribution < -0.4 is 5.32 Å². The van der Waals surface area contributed by atoms with Gasteiger partial charge >= 0.3 is 5.97 Å². The lowest BCUT2D eigenvalue weighted by atomic mass is 9.89. The molecular weight excluding hydrogens is 262 g/mol. The Kier molecular flexibility index (Phi) is 3.94. The van der Waals surface area contributed by atoms with Crippen LogP contribution >= 0.6 is 0 Å². The number of hydrogen-bond donors (Lipinski definition) is 3. The molecule has 0 spiro atoms. The van der Waals surface area contributed by atoms with Gasteiger partial charge in [0.1, 0.15) is 11.3 Å². The van der Waals surface area contributed by atoms with Crippen molar-refractivity contribution in [1.29, 1.82) is 0 Å². The van der Waals surface area contributed by atoms with Gasteiger partial charge in [-0.05, 0) is 19.1 Å². The van der Waals surface area contributed by atoms with Crippen molar-refractivity contribution < 1.29 is 24.5 Å². The number of hydrogen-bond acceptors (Lipinski definition) is 4. The van der Waals surface area contributed by atoms with Gasteiger partial charge in [0.2, 0.25) is 0 Å². The van der Waals surface area contributed by atoms with Crippen LogP contribution in [0.25, 0.3) is 0 Å². The van der Waals surface area contributed by atoms with Gasteiger partial charge in [-0.25, -0.2) is 4.79 Å². The van der Waals surface area contributed by atoms with Crippen LogP contribution in [0.15, 0.2) is 18.2 Å². The monoisotopic (exact) mass is 279 g/mol. The number of ether oxygens (including phenoxy) is 1. The molecule has 1 heterocycles. The van der Waals surface area contributed by atoms with Crippen molar-refractivity contribution in [2.45, 2.75) is 25.3 Å². The third-order valence-electron chi connectivity index (χ3n) is 3.66. The highest BCUT2D eigenvalue weighted by Gasteiger charge is 2.41. The molecule has 0 aromatic heterocycles. The summed E-state index contributed by atoms with van der Waals surface area (Å²) in [5.74, 6) is -1.55. The SMILES string of the molecule is Cc1c(O)cccc1C(=O)NC1(C(=O)O)CCOCC1. The first kappa shape index (κ1) is 14.3. The van der Waals surface area contributed by atoms with Gasteiger partial charge in [0.05, 0.1) is 0 Å². The average molecular weight is 279 g/mol. The Bertz CT molecular complexity index is 534. The van der Waals surface area contributed by atoms with E-state index in [1.54, 1.807) is 19.1 Å². The highest BCUT2D eigenvalue weighted by Crippen LogP contribution is 2.24. The zero-order valence-corrected chi connectivity index (χ0v) is 11.2. The average Bonchev–Trinajstić information content (AvgIpc) is 2.42. The van der Waals surface area contributed by atoms with E-state index in [4.69, 9.17) is 4.74 Å². The second-order valence-corrected chi connectivity index (χ2v) is 4.90. The summed E-state index contributed by atoms with van der Waals surface area (Å²) in [7, 11) is 0. The molecule has 1 aromatic carbocycles. The maximum atomic E-state index is 12.3. The minimum absolute atomic E-state index is 0.00834. The molecule has 1 aliphatic heterocycles. The van der Waals surface area contributed by atoms with Gasteiger partial charge < -0.3 is 20.3 Å². The summed E-state index contributed by atoms with van der Waals surface area (Å²) in [6.07, 6.45) is 0.456. The van der Waals surface area contributed by atoms with E-state index >= 15 is 0 Å². The van der Waals surface area contributed by atoms with Gasteiger partial charge in [-0.15, -0.1) is 0 Å². The van der Waals surface area contributed by atoms with Crippen LogP contribution in [0.2, 0.25) is 0 Å². The zero-order valence-electron chi connectivity index (χ0n) is 11.2. The predicted molar refractivity (Wildman–Crippen MR) is 70.7 cm³/mol. The van der Waals surface area contributed by atoms with Crippen molar-refractivity contribution >= 4 is 11.9 Å². The summed E-state index contributed by atoms with van der Waals surface area (Å²) in [4.78, 5) is 23.7. The molecule has 6 heteroatoms. The molecule has 20 heavy (non-hydrogen) atoms. The molecule has 108 valence electrons. The maximum absolute atomic E-state index is 12.3. The van der Waals surface area contributed by atoms with Crippen LogP contribution in [0, 0.1) is 6.92 Å². The van der Waals surface area contributed by atoms with E-state index in [1.165, 1.54) is 6.07 Å². The van der Waals surface area contributed by atoms with Crippen molar-refractivity contribution in [3.8, 4) is 5.75 Å². The van der Waals surface area contributed by atoms with Gasteiger partial charge in [0, 0.05) is 37.2 Å². The Morgan fingerprint density at radius 2 is 1.95 bits per heavy atom. The van der Waals surface area contributed by atoms with Crippen molar-refractivity contribution in [1.82, 2.24) is 5.32 Å². The van der Waals surface area contributed by atoms with E-state index < -0.39 is 17.4 Å². The number of phenolic OH excluding ortho intramolecular Hbond substituents is 1. The minimum atomic E-state index is -1.30. The number of phenols is 1. The summed E-state index contributed by atoms with van der Waals surface area (Å²) in [6.45, 7) is 2.21. The van der Waals surface area contributed by atoms with Crippen molar-refractivity contribution in [2.75, 3.05) is 13.2 Å². The van der Waals surface area contributed by atoms with Gasteiger partial charge in [-0.2, -0.15) is 0 Å². The number of carbonyl (C=O) groups excluding carboxylic acids is 1. The van der Waals surface area contributed by atoms with Crippen LogP contribution in [-0.4, -0.2) is 40.8 Å². The number of carboxylic acids is 1. The van der Waals surface area contributed by atoms with Crippen LogP contribution in [-0.2, 0) is 9.53 Å². The highest BCUT2D eigenvalue weighted by molar-refractivity contribution is 5.99. The van der Waals surface area contributed by atoms with Gasteiger partial charge in [-0.3, -0.25) is 4.79 Å². The third kappa shape index (κ3) is 2.60. The smallest absolute Gasteiger partial charge is 0.329 e. The molecule has 1 fully saturated rings. The molecule has 0 aliphatic carbocycles. The van der Waals surface area contributed by atoms with Crippen LogP contribution in [0.5, 0.6) is 5.75 Å². The van der Waals surface area contributed by atoms with Gasteiger partial charge in [0.25, 0.3) is 5.91 Å². The van der Waals surface area contributed by atoms with Crippen LogP contribution in [0.4, 0.5) is 0 Å². The number of aliphatic carboxylic acids is 1. The first-order valence-corrected chi connectivity index (χ1v) is 6.38. The normalized spacial score (nSPS) is 17.4. The van der Waals surface area contributed by atoms with Gasteiger partial charge in [-0.1, -0.05) is 6.07 Å². The minimum Gasteiger partial charge on any atom is -0.508 e. The Labute approximate surface area is 116 Å². The van der Waals surface area contributed by atoms with Crippen LogP contribution in [0.3, 0.4) is 0 Å². The number of nitrogens with one attached hydrogen (secondary N) is 1. The summed E-state index contributed by atoms with van der Waals surface area (Å²) >= 11 is 0. The number of amides is 1. The van der Waals surface area contributed by atoms with E-state index in [0.717, 1.165) is 0 Å². The third-order valence-corrected chi connectivity index (χ3v) is 3.66. The maximum Gasteiger partial charge on any atom is 0.329 e. The van der Waals surface area contributed by atoms with Crippen LogP contribution in [0.1, 0.15) is 28.8 Å². The van der Waals surface area contributed by atoms with E-state index in [1.807, 2.05) is 0 Å². The number of carbonyl (C=O) groups is 2. The van der Waals surface area contributed by atoms with E-state index in [9.17, 15) is 19.8 Å². The molecule has 0 radical (unpaired) electrons. The lowest BCUT2D eigenvalue weighted by Gasteiger charge is -2.34. The second kappa shape index (κ2) is 5.50. The largest absolute Gasteiger partial charge is 0.508 e. The Morgan fingerprint density at radius 1 is 1.30 bits per heavy atom. The topological polar surface area (TPSA) is 95.9 Å². The fraction of sp³-hybridized carbons (Fsp3) is 0.429. The summed E-state index contributed by atoms with van der Waals surface area (Å²) in [6, 6.07) is 4.58. The first-order valence-electron chi connectivity index (χ1n) is 6.38. The summed E-state index contributed by atoms with van der Waals surface area (Å²) in [5, 5.41) is 21.6. The summed E-state index contributed by atoms with van der Waals surface area (Å²) < 4.78 is 5.15. The first-order chi connectivity index (χ1) is 9.46. The molecule has 3 N–H and O–H groups in total. The molecule has 0 bridgehead atoms. The molecule has 0 unspecified atom stereocenters. The van der Waals surface area contributed by atoms with Gasteiger partial charge in [0.15, 0.2) is 0 Å².